The van der Waals surface area contributed by atoms with Gasteiger partial charge in [0, 0.05) is 12.7 Å². The molecule has 1 rings (SSSR count). The van der Waals surface area contributed by atoms with Crippen LogP contribution in [0.15, 0.2) is 20.3 Å². The van der Waals surface area contributed by atoms with Crippen molar-refractivity contribution in [1.29, 1.82) is 0 Å². The molecule has 0 aliphatic rings. The Kier molecular flexibility index (Phi) is 4.89. The molecule has 0 aliphatic heterocycles. The first-order valence-electron chi connectivity index (χ1n) is 5.43. The van der Waals surface area contributed by atoms with Crippen LogP contribution in [0.1, 0.15) is 13.8 Å². The number of methoxy groups -OCH3 is 1. The van der Waals surface area contributed by atoms with Gasteiger partial charge in [0.15, 0.2) is 0 Å². The molecular weight excluding hydrogens is 304 g/mol. The van der Waals surface area contributed by atoms with Crippen molar-refractivity contribution < 1.29 is 9.53 Å². The van der Waals surface area contributed by atoms with E-state index in [1.165, 1.54) is 13.3 Å². The highest BCUT2D eigenvalue weighted by atomic mass is 79.9. The molecule has 0 spiro atoms. The molecule has 18 heavy (non-hydrogen) atoms. The lowest BCUT2D eigenvalue weighted by atomic mass is 10.2. The van der Waals surface area contributed by atoms with Gasteiger partial charge in [0.1, 0.15) is 6.54 Å². The van der Waals surface area contributed by atoms with E-state index in [1.807, 2.05) is 13.8 Å². The molecule has 1 aromatic rings. The van der Waals surface area contributed by atoms with Gasteiger partial charge in [-0.25, -0.2) is 4.79 Å². The first-order chi connectivity index (χ1) is 8.36. The summed E-state index contributed by atoms with van der Waals surface area (Å²) in [7, 11) is 1.24. The minimum Gasteiger partial charge on any atom is -0.468 e. The van der Waals surface area contributed by atoms with E-state index < -0.39 is 17.2 Å². The number of carbonyl (C=O) groups excluding carboxylic acids is 1. The van der Waals surface area contributed by atoms with E-state index in [4.69, 9.17) is 0 Å². The number of ether oxygens (including phenoxy) is 1. The maximum Gasteiger partial charge on any atom is 0.331 e. The summed E-state index contributed by atoms with van der Waals surface area (Å²) in [5.41, 5.74) is -0.905. The molecule has 0 saturated heterocycles. The lowest BCUT2D eigenvalue weighted by Gasteiger charge is -2.11. The van der Waals surface area contributed by atoms with Crippen LogP contribution in [0.5, 0.6) is 0 Å². The molecule has 0 aliphatic carbocycles. The average Bonchev–Trinajstić information content (AvgIpc) is 2.31. The Hall–Kier alpha value is -1.37. The summed E-state index contributed by atoms with van der Waals surface area (Å²) < 4.78 is 7.00. The van der Waals surface area contributed by atoms with E-state index in [-0.39, 0.29) is 16.9 Å². The number of hydrogen-bond donors (Lipinski definition) is 0. The summed E-state index contributed by atoms with van der Waals surface area (Å²) in [5.74, 6) is -0.393. The molecule has 0 radical (unpaired) electrons. The predicted octanol–water partition coefficient (Wildman–Crippen LogP) is 0.602. The van der Waals surface area contributed by atoms with Crippen LogP contribution in [0.2, 0.25) is 0 Å². The van der Waals surface area contributed by atoms with Crippen molar-refractivity contribution in [3.8, 4) is 0 Å². The third-order valence-corrected chi connectivity index (χ3v) is 2.81. The second-order valence-electron chi connectivity index (χ2n) is 4.27. The van der Waals surface area contributed by atoms with Gasteiger partial charge in [-0.1, -0.05) is 13.8 Å². The summed E-state index contributed by atoms with van der Waals surface area (Å²) in [6, 6.07) is 0. The van der Waals surface area contributed by atoms with Crippen molar-refractivity contribution in [2.75, 3.05) is 7.11 Å². The fourth-order valence-corrected chi connectivity index (χ4v) is 1.92. The Morgan fingerprint density at radius 1 is 1.44 bits per heavy atom. The van der Waals surface area contributed by atoms with Gasteiger partial charge in [0.2, 0.25) is 0 Å². The fourth-order valence-electron chi connectivity index (χ4n) is 1.46. The lowest BCUT2D eigenvalue weighted by Crippen LogP contribution is -2.42. The topological polar surface area (TPSA) is 70.3 Å². The number of hydrogen-bond acceptors (Lipinski definition) is 4. The molecular formula is C11H15BrN2O4. The molecule has 0 aromatic carbocycles. The Morgan fingerprint density at radius 3 is 2.56 bits per heavy atom. The van der Waals surface area contributed by atoms with Crippen LogP contribution in [0.25, 0.3) is 0 Å². The van der Waals surface area contributed by atoms with Crippen LogP contribution in [0.3, 0.4) is 0 Å². The highest BCUT2D eigenvalue weighted by Gasteiger charge is 2.13. The number of esters is 1. The van der Waals surface area contributed by atoms with Crippen molar-refractivity contribution in [2.45, 2.75) is 26.9 Å². The second kappa shape index (κ2) is 5.99. The maximum atomic E-state index is 12.0. The molecule has 1 heterocycles. The molecule has 1 aromatic heterocycles. The minimum atomic E-state index is -0.543. The first-order valence-corrected chi connectivity index (χ1v) is 6.22. The third-order valence-electron chi connectivity index (χ3n) is 2.27. The first kappa shape index (κ1) is 14.7. The number of carbonyl (C=O) groups is 1. The summed E-state index contributed by atoms with van der Waals surface area (Å²) in [6.07, 6.45) is 1.30. The molecule has 100 valence electrons. The van der Waals surface area contributed by atoms with E-state index in [1.54, 1.807) is 0 Å². The van der Waals surface area contributed by atoms with Gasteiger partial charge in [0.25, 0.3) is 5.56 Å². The standard InChI is InChI=1S/C11H15BrN2O4/c1-7(2)4-14-10(16)8(12)5-13(11(14)17)6-9(15)18-3/h5,7H,4,6H2,1-3H3. The molecule has 7 heteroatoms. The smallest absolute Gasteiger partial charge is 0.331 e. The van der Waals surface area contributed by atoms with Gasteiger partial charge in [-0.2, -0.15) is 0 Å². The van der Waals surface area contributed by atoms with E-state index >= 15 is 0 Å². The maximum absolute atomic E-state index is 12.0. The zero-order chi connectivity index (χ0) is 13.9. The van der Waals surface area contributed by atoms with Gasteiger partial charge < -0.3 is 4.74 Å². The van der Waals surface area contributed by atoms with Crippen LogP contribution in [-0.2, 0) is 22.6 Å². The van der Waals surface area contributed by atoms with Crippen LogP contribution >= 0.6 is 15.9 Å². The molecule has 0 fully saturated rings. The summed E-state index contributed by atoms with van der Waals surface area (Å²) in [4.78, 5) is 35.0. The Bertz CT molecular complexity index is 559. The minimum absolute atomic E-state index is 0.149. The Labute approximate surface area is 112 Å². The number of rotatable bonds is 4. The zero-order valence-corrected chi connectivity index (χ0v) is 12.1. The third kappa shape index (κ3) is 3.32. The van der Waals surface area contributed by atoms with Crippen molar-refractivity contribution >= 4 is 21.9 Å². The molecule has 0 amide bonds. The van der Waals surface area contributed by atoms with E-state index in [2.05, 4.69) is 20.7 Å². The monoisotopic (exact) mass is 318 g/mol. The zero-order valence-electron chi connectivity index (χ0n) is 10.5. The van der Waals surface area contributed by atoms with Crippen molar-refractivity contribution in [3.05, 3.63) is 31.5 Å². The normalized spacial score (nSPS) is 10.7. The SMILES string of the molecule is COC(=O)Cn1cc(Br)c(=O)n(CC(C)C)c1=O. The van der Waals surface area contributed by atoms with E-state index in [0.717, 1.165) is 9.13 Å². The van der Waals surface area contributed by atoms with Gasteiger partial charge in [-0.05, 0) is 21.8 Å². The molecule has 0 N–H and O–H groups in total. The number of nitrogens with zero attached hydrogens (tertiary/aromatic N) is 2. The van der Waals surface area contributed by atoms with Crippen molar-refractivity contribution in [3.63, 3.8) is 0 Å². The number of aromatic nitrogens is 2. The molecule has 0 bridgehead atoms. The Morgan fingerprint density at radius 2 is 2.06 bits per heavy atom. The van der Waals surface area contributed by atoms with E-state index in [9.17, 15) is 14.4 Å². The van der Waals surface area contributed by atoms with Gasteiger partial charge >= 0.3 is 11.7 Å². The van der Waals surface area contributed by atoms with Crippen molar-refractivity contribution in [2.24, 2.45) is 5.92 Å². The summed E-state index contributed by atoms with van der Waals surface area (Å²) in [5, 5.41) is 0. The number of halogens is 1. The summed E-state index contributed by atoms with van der Waals surface area (Å²) >= 11 is 3.09. The van der Waals surface area contributed by atoms with Crippen LogP contribution in [0.4, 0.5) is 0 Å². The van der Waals surface area contributed by atoms with Gasteiger partial charge in [-0.3, -0.25) is 18.7 Å². The average molecular weight is 319 g/mol. The second-order valence-corrected chi connectivity index (χ2v) is 5.13. The van der Waals surface area contributed by atoms with E-state index in [0.29, 0.717) is 6.54 Å². The molecule has 0 unspecified atom stereocenters. The largest absolute Gasteiger partial charge is 0.468 e. The predicted molar refractivity (Wildman–Crippen MR) is 69.5 cm³/mol. The Balaban J connectivity index is 3.30. The van der Waals surface area contributed by atoms with Crippen molar-refractivity contribution in [1.82, 2.24) is 9.13 Å². The molecule has 6 nitrogen and oxygen atoms in total. The van der Waals surface area contributed by atoms with Crippen LogP contribution < -0.4 is 11.2 Å². The van der Waals surface area contributed by atoms with Crippen LogP contribution in [0, 0.1) is 5.92 Å². The molecule has 0 saturated carbocycles. The molecule has 0 atom stereocenters. The highest BCUT2D eigenvalue weighted by molar-refractivity contribution is 9.10. The lowest BCUT2D eigenvalue weighted by molar-refractivity contribution is -0.141. The highest BCUT2D eigenvalue weighted by Crippen LogP contribution is 2.01. The van der Waals surface area contributed by atoms with Gasteiger partial charge in [-0.15, -0.1) is 0 Å². The van der Waals surface area contributed by atoms with Crippen LogP contribution in [-0.4, -0.2) is 22.2 Å². The fraction of sp³-hybridized carbons (Fsp3) is 0.545. The van der Waals surface area contributed by atoms with Gasteiger partial charge in [0.05, 0.1) is 11.6 Å². The quantitative estimate of drug-likeness (QED) is 0.762. The summed E-state index contributed by atoms with van der Waals surface area (Å²) in [6.45, 7) is 3.89.